The fraction of sp³-hybridized carbons (Fsp3) is 0.433. The largest absolute Gasteiger partial charge is 0.460 e. The van der Waals surface area contributed by atoms with Gasteiger partial charge in [0.15, 0.2) is 0 Å². The SMILES string of the molecule is C[C@@H](NC(=O)c1ccnc(OC2CCOCC2)n1)c1ccc(-c2cc(C(F)(F)F)cnc2CNC(=O)OC(C)(C)C)cc1. The van der Waals surface area contributed by atoms with Gasteiger partial charge in [-0.1, -0.05) is 24.3 Å². The van der Waals surface area contributed by atoms with Crippen molar-refractivity contribution in [2.75, 3.05) is 13.2 Å². The molecule has 13 heteroatoms. The van der Waals surface area contributed by atoms with Gasteiger partial charge in [-0.05, 0) is 51.0 Å². The second-order valence-corrected chi connectivity index (χ2v) is 11.0. The van der Waals surface area contributed by atoms with Gasteiger partial charge < -0.3 is 24.8 Å². The lowest BCUT2D eigenvalue weighted by Crippen LogP contribution is -2.32. The lowest BCUT2D eigenvalue weighted by atomic mass is 9.98. The highest BCUT2D eigenvalue weighted by molar-refractivity contribution is 5.92. The van der Waals surface area contributed by atoms with Crippen LogP contribution in [0.15, 0.2) is 48.8 Å². The predicted molar refractivity (Wildman–Crippen MR) is 150 cm³/mol. The highest BCUT2D eigenvalue weighted by atomic mass is 19.4. The normalized spacial score (nSPS) is 15.0. The Kier molecular flexibility index (Phi) is 9.84. The van der Waals surface area contributed by atoms with Gasteiger partial charge in [-0.25, -0.2) is 9.78 Å². The van der Waals surface area contributed by atoms with Gasteiger partial charge in [-0.2, -0.15) is 18.2 Å². The maximum atomic E-state index is 13.5. The van der Waals surface area contributed by atoms with Crippen LogP contribution in [0.4, 0.5) is 18.0 Å². The smallest absolute Gasteiger partial charge is 0.417 e. The number of hydrogen-bond donors (Lipinski definition) is 2. The molecule has 1 aliphatic heterocycles. The molecule has 10 nitrogen and oxygen atoms in total. The number of alkyl halides is 3. The van der Waals surface area contributed by atoms with Crippen molar-refractivity contribution in [1.82, 2.24) is 25.6 Å². The van der Waals surface area contributed by atoms with Gasteiger partial charge in [0.25, 0.3) is 5.91 Å². The summed E-state index contributed by atoms with van der Waals surface area (Å²) in [5, 5.41) is 5.41. The fourth-order valence-corrected chi connectivity index (χ4v) is 4.28. The van der Waals surface area contributed by atoms with Crippen molar-refractivity contribution in [1.29, 1.82) is 0 Å². The average Bonchev–Trinajstić information content (AvgIpc) is 2.95. The minimum atomic E-state index is -4.60. The van der Waals surface area contributed by atoms with Crippen molar-refractivity contribution < 1.29 is 37.0 Å². The predicted octanol–water partition coefficient (Wildman–Crippen LogP) is 5.63. The molecule has 0 aliphatic carbocycles. The molecule has 2 N–H and O–H groups in total. The molecule has 4 rings (SSSR count). The Hall–Kier alpha value is -4.26. The number of amides is 2. The third kappa shape index (κ3) is 9.11. The van der Waals surface area contributed by atoms with E-state index in [1.807, 2.05) is 0 Å². The number of nitrogens with zero attached hydrogens (tertiary/aromatic N) is 3. The summed E-state index contributed by atoms with van der Waals surface area (Å²) in [6, 6.07) is 8.81. The second-order valence-electron chi connectivity index (χ2n) is 11.0. The monoisotopic (exact) mass is 601 g/mol. The van der Waals surface area contributed by atoms with Gasteiger partial charge in [0.05, 0.1) is 37.1 Å². The third-order valence-electron chi connectivity index (χ3n) is 6.47. The summed E-state index contributed by atoms with van der Waals surface area (Å²) in [4.78, 5) is 37.4. The Balaban J connectivity index is 1.47. The fourth-order valence-electron chi connectivity index (χ4n) is 4.28. The minimum Gasteiger partial charge on any atom is -0.460 e. The van der Waals surface area contributed by atoms with Gasteiger partial charge in [0.1, 0.15) is 17.4 Å². The molecule has 1 atom stereocenters. The van der Waals surface area contributed by atoms with Crippen LogP contribution in [0.2, 0.25) is 0 Å². The topological polar surface area (TPSA) is 125 Å². The van der Waals surface area contributed by atoms with E-state index in [-0.39, 0.29) is 35.6 Å². The molecule has 0 unspecified atom stereocenters. The second kappa shape index (κ2) is 13.4. The Bertz CT molecular complexity index is 1420. The van der Waals surface area contributed by atoms with Crippen molar-refractivity contribution in [2.24, 2.45) is 0 Å². The Labute approximate surface area is 247 Å². The zero-order valence-electron chi connectivity index (χ0n) is 24.3. The molecule has 3 heterocycles. The van der Waals surface area contributed by atoms with E-state index >= 15 is 0 Å². The third-order valence-corrected chi connectivity index (χ3v) is 6.47. The number of hydrogen-bond acceptors (Lipinski definition) is 8. The highest BCUT2D eigenvalue weighted by Gasteiger charge is 2.32. The van der Waals surface area contributed by atoms with Gasteiger partial charge in [0, 0.05) is 30.8 Å². The first-order valence-corrected chi connectivity index (χ1v) is 13.8. The summed E-state index contributed by atoms with van der Waals surface area (Å²) < 4.78 is 56.8. The molecule has 2 aromatic heterocycles. The lowest BCUT2D eigenvalue weighted by molar-refractivity contribution is -0.137. The van der Waals surface area contributed by atoms with Gasteiger partial charge in [-0.15, -0.1) is 0 Å². The van der Waals surface area contributed by atoms with Crippen LogP contribution in [0.1, 0.15) is 73.9 Å². The number of carbonyl (C=O) groups excluding carboxylic acids is 2. The molecule has 2 amide bonds. The van der Waals surface area contributed by atoms with Crippen molar-refractivity contribution in [2.45, 2.75) is 71.0 Å². The highest BCUT2D eigenvalue weighted by Crippen LogP contribution is 2.33. The van der Waals surface area contributed by atoms with E-state index in [0.717, 1.165) is 12.3 Å². The van der Waals surface area contributed by atoms with Crippen LogP contribution in [-0.2, 0) is 22.2 Å². The molecular weight excluding hydrogens is 567 g/mol. The van der Waals surface area contributed by atoms with E-state index in [9.17, 15) is 22.8 Å². The van der Waals surface area contributed by atoms with Crippen molar-refractivity contribution in [3.05, 3.63) is 71.3 Å². The zero-order chi connectivity index (χ0) is 31.2. The van der Waals surface area contributed by atoms with E-state index < -0.39 is 35.4 Å². The maximum absolute atomic E-state index is 13.5. The average molecular weight is 602 g/mol. The first kappa shape index (κ1) is 31.7. The standard InChI is InChI=1S/C30H34F3N5O5/c1-18(37-26(39)24-9-12-34-27(38-24)42-22-10-13-41-14-11-22)19-5-7-20(8-6-19)23-15-21(30(31,32)33)16-35-25(23)17-36-28(40)43-29(2,3)4/h5-9,12,15-16,18,22H,10-11,13-14,17H2,1-4H3,(H,36,40)(H,37,39)/t18-/m1/s1. The van der Waals surface area contributed by atoms with Crippen LogP contribution < -0.4 is 15.4 Å². The molecule has 0 spiro atoms. The molecular formula is C30H34F3N5O5. The van der Waals surface area contributed by atoms with Crippen molar-refractivity contribution in [3.8, 4) is 17.1 Å². The number of carbonyl (C=O) groups is 2. The summed E-state index contributed by atoms with van der Waals surface area (Å²) in [6.45, 7) is 7.92. The van der Waals surface area contributed by atoms with E-state index in [0.29, 0.717) is 37.2 Å². The van der Waals surface area contributed by atoms with E-state index in [1.54, 1.807) is 52.0 Å². The molecule has 0 radical (unpaired) electrons. The number of nitrogens with one attached hydrogen (secondary N) is 2. The van der Waals surface area contributed by atoms with Crippen LogP contribution in [-0.4, -0.2) is 51.9 Å². The van der Waals surface area contributed by atoms with Crippen molar-refractivity contribution >= 4 is 12.0 Å². The summed E-state index contributed by atoms with van der Waals surface area (Å²) in [7, 11) is 0. The summed E-state index contributed by atoms with van der Waals surface area (Å²) in [6.07, 6.45) is -1.79. The summed E-state index contributed by atoms with van der Waals surface area (Å²) >= 11 is 0. The molecule has 1 fully saturated rings. The molecule has 1 aliphatic rings. The number of aromatic nitrogens is 3. The quantitative estimate of drug-likeness (QED) is 0.341. The van der Waals surface area contributed by atoms with Crippen molar-refractivity contribution in [3.63, 3.8) is 0 Å². The Morgan fingerprint density at radius 3 is 2.42 bits per heavy atom. The number of benzene rings is 1. The number of rotatable bonds is 8. The van der Waals surface area contributed by atoms with E-state index in [1.165, 1.54) is 12.3 Å². The summed E-state index contributed by atoms with van der Waals surface area (Å²) in [5.74, 6) is -0.437. The number of alkyl carbamates (subject to hydrolysis) is 1. The van der Waals surface area contributed by atoms with Gasteiger partial charge >= 0.3 is 18.3 Å². The van der Waals surface area contributed by atoms with Crippen LogP contribution in [0.3, 0.4) is 0 Å². The first-order valence-electron chi connectivity index (χ1n) is 13.8. The maximum Gasteiger partial charge on any atom is 0.417 e. The number of pyridine rings is 1. The molecule has 1 saturated heterocycles. The molecule has 230 valence electrons. The molecule has 3 aromatic rings. The summed E-state index contributed by atoms with van der Waals surface area (Å²) in [5.41, 5.74) is 0.0703. The number of ether oxygens (including phenoxy) is 3. The molecule has 43 heavy (non-hydrogen) atoms. The number of halogens is 3. The van der Waals surface area contributed by atoms with Gasteiger partial charge in [-0.3, -0.25) is 9.78 Å². The van der Waals surface area contributed by atoms with Crippen LogP contribution in [0, 0.1) is 0 Å². The minimum absolute atomic E-state index is 0.0786. The van der Waals surface area contributed by atoms with E-state index in [4.69, 9.17) is 14.2 Å². The Morgan fingerprint density at radius 2 is 1.77 bits per heavy atom. The molecule has 1 aromatic carbocycles. The van der Waals surface area contributed by atoms with Crippen LogP contribution >= 0.6 is 0 Å². The van der Waals surface area contributed by atoms with Gasteiger partial charge in [0.2, 0.25) is 0 Å². The first-order chi connectivity index (χ1) is 20.3. The Morgan fingerprint density at radius 1 is 1.07 bits per heavy atom. The lowest BCUT2D eigenvalue weighted by Gasteiger charge is -2.22. The molecule has 0 saturated carbocycles. The van der Waals surface area contributed by atoms with Crippen LogP contribution in [0.25, 0.3) is 11.1 Å². The van der Waals surface area contributed by atoms with E-state index in [2.05, 4.69) is 25.6 Å². The van der Waals surface area contributed by atoms with Crippen LogP contribution in [0.5, 0.6) is 6.01 Å². The zero-order valence-corrected chi connectivity index (χ0v) is 24.3. The molecule has 0 bridgehead atoms.